The van der Waals surface area contributed by atoms with Gasteiger partial charge in [0.15, 0.2) is 15.7 Å². The predicted octanol–water partition coefficient (Wildman–Crippen LogP) is 3.49. The molecule has 2 heterocycles. The molecule has 0 aliphatic heterocycles. The van der Waals surface area contributed by atoms with Crippen molar-refractivity contribution in [2.75, 3.05) is 18.0 Å². The number of hydrogen-bond donors (Lipinski definition) is 1. The molecule has 2 aromatic heterocycles. The monoisotopic (exact) mass is 297 g/mol. The van der Waals surface area contributed by atoms with Crippen LogP contribution in [0.3, 0.4) is 0 Å². The number of rotatable bonds is 5. The molecule has 0 amide bonds. The van der Waals surface area contributed by atoms with Gasteiger partial charge in [0.25, 0.3) is 0 Å². The summed E-state index contributed by atoms with van der Waals surface area (Å²) >= 11 is 6.93. The van der Waals surface area contributed by atoms with Crippen LogP contribution in [0.2, 0.25) is 0 Å². The Morgan fingerprint density at radius 2 is 2.11 bits per heavy atom. The van der Waals surface area contributed by atoms with E-state index in [4.69, 9.17) is 12.2 Å². The van der Waals surface area contributed by atoms with E-state index in [2.05, 4.69) is 47.8 Å². The van der Waals surface area contributed by atoms with Gasteiger partial charge in [-0.3, -0.25) is 9.67 Å². The zero-order valence-electron chi connectivity index (χ0n) is 11.7. The van der Waals surface area contributed by atoms with Crippen molar-refractivity contribution in [1.29, 1.82) is 0 Å². The molecule has 0 unspecified atom stereocenters. The third-order valence-corrected chi connectivity index (χ3v) is 4.31. The molecule has 0 aromatic carbocycles. The third-order valence-electron chi connectivity index (χ3n) is 2.97. The van der Waals surface area contributed by atoms with Crippen LogP contribution in [0.1, 0.15) is 33.7 Å². The van der Waals surface area contributed by atoms with Gasteiger partial charge in [0.05, 0.1) is 11.1 Å². The molecule has 0 spiro atoms. The van der Waals surface area contributed by atoms with Gasteiger partial charge in [-0.25, -0.2) is 4.98 Å². The van der Waals surface area contributed by atoms with Crippen LogP contribution in [0.25, 0.3) is 10.7 Å². The highest BCUT2D eigenvalue weighted by Crippen LogP contribution is 2.31. The Balaban J connectivity index is 2.41. The zero-order valence-corrected chi connectivity index (χ0v) is 13.3. The fourth-order valence-corrected chi connectivity index (χ4v) is 3.34. The highest BCUT2D eigenvalue weighted by atomic mass is 32.1. The molecule has 104 valence electrons. The second kappa shape index (κ2) is 5.83. The van der Waals surface area contributed by atoms with Crippen molar-refractivity contribution < 1.29 is 0 Å². The van der Waals surface area contributed by atoms with Crippen LogP contribution in [-0.4, -0.2) is 32.8 Å². The Morgan fingerprint density at radius 3 is 2.68 bits per heavy atom. The minimum atomic E-state index is 0.278. The Hall–Kier alpha value is -1.21. The van der Waals surface area contributed by atoms with Crippen LogP contribution in [-0.2, 0) is 0 Å². The van der Waals surface area contributed by atoms with E-state index in [0.29, 0.717) is 4.77 Å². The van der Waals surface area contributed by atoms with Crippen molar-refractivity contribution in [2.24, 2.45) is 0 Å². The lowest BCUT2D eigenvalue weighted by Crippen LogP contribution is -2.21. The lowest BCUT2D eigenvalue weighted by molar-refractivity contribution is 0.597. The quantitative estimate of drug-likeness (QED) is 0.858. The number of aromatic amines is 1. The summed E-state index contributed by atoms with van der Waals surface area (Å²) in [6.45, 7) is 10.4. The molecule has 0 atom stereocenters. The number of anilines is 1. The van der Waals surface area contributed by atoms with Crippen molar-refractivity contribution in [2.45, 2.75) is 33.7 Å². The number of nitrogens with one attached hydrogen (secondary N) is 1. The topological polar surface area (TPSA) is 49.7 Å². The SMILES string of the molecule is CCN(CC)c1ncc(-c2n[nH]c(=S)n2C(C)C)s1. The van der Waals surface area contributed by atoms with Crippen LogP contribution in [0.5, 0.6) is 0 Å². The van der Waals surface area contributed by atoms with Crippen molar-refractivity contribution >= 4 is 28.7 Å². The van der Waals surface area contributed by atoms with E-state index in [1.807, 2.05) is 10.8 Å². The fourth-order valence-electron chi connectivity index (χ4n) is 1.97. The maximum Gasteiger partial charge on any atom is 0.195 e. The van der Waals surface area contributed by atoms with E-state index >= 15 is 0 Å². The van der Waals surface area contributed by atoms with Gasteiger partial charge in [0.2, 0.25) is 0 Å². The van der Waals surface area contributed by atoms with Crippen LogP contribution < -0.4 is 4.90 Å². The van der Waals surface area contributed by atoms with Gasteiger partial charge in [-0.1, -0.05) is 11.3 Å². The molecule has 0 aliphatic carbocycles. The lowest BCUT2D eigenvalue weighted by Gasteiger charge is -2.16. The summed E-state index contributed by atoms with van der Waals surface area (Å²) in [5.41, 5.74) is 0. The normalized spacial score (nSPS) is 11.2. The molecule has 7 heteroatoms. The van der Waals surface area contributed by atoms with Gasteiger partial charge < -0.3 is 4.90 Å². The molecule has 5 nitrogen and oxygen atoms in total. The smallest absolute Gasteiger partial charge is 0.195 e. The number of nitrogens with zero attached hydrogens (tertiary/aromatic N) is 4. The average molecular weight is 297 g/mol. The van der Waals surface area contributed by atoms with Crippen LogP contribution >= 0.6 is 23.6 Å². The summed E-state index contributed by atoms with van der Waals surface area (Å²) in [5.74, 6) is 0.871. The van der Waals surface area contributed by atoms with Crippen LogP contribution in [0.4, 0.5) is 5.13 Å². The summed E-state index contributed by atoms with van der Waals surface area (Å²) in [6.07, 6.45) is 1.88. The van der Waals surface area contributed by atoms with Crippen LogP contribution in [0, 0.1) is 4.77 Å². The minimum absolute atomic E-state index is 0.278. The maximum absolute atomic E-state index is 5.27. The van der Waals surface area contributed by atoms with E-state index in [1.54, 1.807) is 11.3 Å². The standard InChI is InChI=1S/C12H19N5S2/c1-5-16(6-2)12-13-7-9(19-12)10-14-15-11(18)17(10)8(3)4/h7-8H,5-6H2,1-4H3,(H,15,18). The molecule has 0 aliphatic rings. The van der Waals surface area contributed by atoms with Crippen molar-refractivity contribution in [1.82, 2.24) is 19.7 Å². The first kappa shape index (κ1) is 14.2. The lowest BCUT2D eigenvalue weighted by atomic mass is 10.4. The number of hydrogen-bond acceptors (Lipinski definition) is 5. The molecule has 2 aromatic rings. The van der Waals surface area contributed by atoms with Gasteiger partial charge >= 0.3 is 0 Å². The Morgan fingerprint density at radius 1 is 1.42 bits per heavy atom. The molecular formula is C12H19N5S2. The maximum atomic E-state index is 5.27. The Kier molecular flexibility index (Phi) is 4.36. The molecule has 0 saturated heterocycles. The van der Waals surface area contributed by atoms with Crippen molar-refractivity contribution in [3.8, 4) is 10.7 Å². The summed E-state index contributed by atoms with van der Waals surface area (Å²) in [5, 5.41) is 8.23. The highest BCUT2D eigenvalue weighted by molar-refractivity contribution is 7.71. The van der Waals surface area contributed by atoms with Crippen LogP contribution in [0.15, 0.2) is 6.20 Å². The van der Waals surface area contributed by atoms with Gasteiger partial charge in [-0.15, -0.1) is 0 Å². The van der Waals surface area contributed by atoms with Gasteiger partial charge in [-0.2, -0.15) is 5.10 Å². The second-order valence-corrected chi connectivity index (χ2v) is 5.89. The van der Waals surface area contributed by atoms with E-state index in [1.165, 1.54) is 0 Å². The van der Waals surface area contributed by atoms with Gasteiger partial charge in [0, 0.05) is 19.1 Å². The highest BCUT2D eigenvalue weighted by Gasteiger charge is 2.16. The zero-order chi connectivity index (χ0) is 14.0. The summed E-state index contributed by atoms with van der Waals surface area (Å²) < 4.78 is 2.68. The Bertz CT molecular complexity index is 591. The molecule has 0 radical (unpaired) electrons. The molecule has 2 rings (SSSR count). The molecule has 1 N–H and O–H groups in total. The molecule has 0 bridgehead atoms. The van der Waals surface area contributed by atoms with Crippen molar-refractivity contribution in [3.05, 3.63) is 11.0 Å². The molecule has 0 saturated carbocycles. The largest absolute Gasteiger partial charge is 0.349 e. The van der Waals surface area contributed by atoms with Gasteiger partial charge in [0.1, 0.15) is 0 Å². The number of aromatic nitrogens is 4. The molecule has 19 heavy (non-hydrogen) atoms. The summed E-state index contributed by atoms with van der Waals surface area (Å²) in [7, 11) is 0. The van der Waals surface area contributed by atoms with Gasteiger partial charge in [-0.05, 0) is 39.9 Å². The first-order valence-corrected chi connectivity index (χ1v) is 7.69. The van der Waals surface area contributed by atoms with E-state index < -0.39 is 0 Å². The van der Waals surface area contributed by atoms with E-state index in [-0.39, 0.29) is 6.04 Å². The summed E-state index contributed by atoms with van der Waals surface area (Å²) in [6, 6.07) is 0.278. The van der Waals surface area contributed by atoms with Crippen molar-refractivity contribution in [3.63, 3.8) is 0 Å². The summed E-state index contributed by atoms with van der Waals surface area (Å²) in [4.78, 5) is 7.76. The molecule has 0 fully saturated rings. The average Bonchev–Trinajstić information content (AvgIpc) is 2.97. The second-order valence-electron chi connectivity index (χ2n) is 4.50. The Labute approximate surface area is 122 Å². The molecular weight excluding hydrogens is 278 g/mol. The number of thiazole rings is 1. The minimum Gasteiger partial charge on any atom is -0.349 e. The first-order valence-electron chi connectivity index (χ1n) is 6.46. The first-order chi connectivity index (χ1) is 9.08. The fraction of sp³-hybridized carbons (Fsp3) is 0.583. The van der Waals surface area contributed by atoms with E-state index in [9.17, 15) is 0 Å². The van der Waals surface area contributed by atoms with E-state index in [0.717, 1.165) is 28.9 Å². The number of H-pyrrole nitrogens is 1. The third kappa shape index (κ3) is 2.71. The predicted molar refractivity (Wildman–Crippen MR) is 82.5 cm³/mol.